The number of amides is 1. The number of aromatic carboxylic acids is 1. The lowest BCUT2D eigenvalue weighted by Gasteiger charge is -2.07. The molecule has 0 bridgehead atoms. The summed E-state index contributed by atoms with van der Waals surface area (Å²) in [4.78, 5) is 26.4. The molecular formula is C16H12N2O4S. The maximum atomic E-state index is 11.1. The fourth-order valence-corrected chi connectivity index (χ4v) is 2.94. The van der Waals surface area contributed by atoms with Gasteiger partial charge in [-0.25, -0.2) is 4.79 Å². The van der Waals surface area contributed by atoms with Crippen LogP contribution in [0.5, 0.6) is 11.5 Å². The van der Waals surface area contributed by atoms with E-state index in [0.717, 1.165) is 16.0 Å². The number of anilines is 1. The maximum absolute atomic E-state index is 11.1. The Labute approximate surface area is 135 Å². The van der Waals surface area contributed by atoms with Crippen molar-refractivity contribution in [2.45, 2.75) is 6.92 Å². The molecule has 116 valence electrons. The summed E-state index contributed by atoms with van der Waals surface area (Å²) < 4.78 is 6.53. The number of carbonyl (C=O) groups is 2. The molecule has 3 aromatic rings. The van der Waals surface area contributed by atoms with Crippen molar-refractivity contribution in [2.24, 2.45) is 0 Å². The van der Waals surface area contributed by atoms with Crippen LogP contribution in [0.3, 0.4) is 0 Å². The fourth-order valence-electron chi connectivity index (χ4n) is 2.06. The molecule has 0 saturated heterocycles. The second kappa shape index (κ2) is 6.05. The Morgan fingerprint density at radius 1 is 1.22 bits per heavy atom. The third-order valence-corrected chi connectivity index (χ3v) is 4.08. The summed E-state index contributed by atoms with van der Waals surface area (Å²) in [5, 5.41) is 12.5. The van der Waals surface area contributed by atoms with E-state index in [-0.39, 0.29) is 10.8 Å². The van der Waals surface area contributed by atoms with Crippen LogP contribution in [0.15, 0.2) is 42.7 Å². The molecule has 23 heavy (non-hydrogen) atoms. The van der Waals surface area contributed by atoms with Crippen molar-refractivity contribution in [3.05, 3.63) is 47.6 Å². The van der Waals surface area contributed by atoms with Gasteiger partial charge in [0, 0.05) is 24.2 Å². The number of aromatic nitrogens is 1. The lowest BCUT2D eigenvalue weighted by molar-refractivity contribution is -0.114. The van der Waals surface area contributed by atoms with E-state index in [9.17, 15) is 9.59 Å². The molecule has 3 rings (SSSR count). The zero-order chi connectivity index (χ0) is 16.4. The number of pyridine rings is 1. The first-order valence-corrected chi connectivity index (χ1v) is 7.51. The van der Waals surface area contributed by atoms with E-state index in [4.69, 9.17) is 9.84 Å². The molecule has 0 atom stereocenters. The maximum Gasteiger partial charge on any atom is 0.345 e. The number of nitrogens with zero attached hydrogens (tertiary/aromatic N) is 1. The second-order valence-corrected chi connectivity index (χ2v) is 5.86. The molecule has 0 aliphatic rings. The van der Waals surface area contributed by atoms with Crippen LogP contribution in [-0.4, -0.2) is 22.0 Å². The van der Waals surface area contributed by atoms with Crippen molar-refractivity contribution in [1.29, 1.82) is 0 Å². The van der Waals surface area contributed by atoms with Crippen molar-refractivity contribution >= 4 is 39.0 Å². The minimum atomic E-state index is -0.975. The van der Waals surface area contributed by atoms with E-state index in [1.807, 2.05) is 0 Å². The Morgan fingerprint density at radius 2 is 1.96 bits per heavy atom. The number of nitrogens with one attached hydrogen (secondary N) is 1. The number of thiophene rings is 1. The summed E-state index contributed by atoms with van der Waals surface area (Å²) in [6.07, 6.45) is 3.15. The molecule has 0 aliphatic carbocycles. The van der Waals surface area contributed by atoms with Gasteiger partial charge in [0.1, 0.15) is 10.6 Å². The number of carboxylic acids is 1. The van der Waals surface area contributed by atoms with Gasteiger partial charge in [-0.05, 0) is 30.3 Å². The molecule has 1 amide bonds. The first kappa shape index (κ1) is 15.0. The van der Waals surface area contributed by atoms with Gasteiger partial charge in [-0.3, -0.25) is 9.78 Å². The largest absolute Gasteiger partial charge is 0.477 e. The minimum absolute atomic E-state index is 0.146. The van der Waals surface area contributed by atoms with Crippen LogP contribution < -0.4 is 10.1 Å². The van der Waals surface area contributed by atoms with E-state index in [1.54, 1.807) is 42.7 Å². The summed E-state index contributed by atoms with van der Waals surface area (Å²) in [7, 11) is 0. The fraction of sp³-hybridized carbons (Fsp3) is 0.0625. The zero-order valence-corrected chi connectivity index (χ0v) is 12.9. The minimum Gasteiger partial charge on any atom is -0.477 e. The van der Waals surface area contributed by atoms with Crippen molar-refractivity contribution in [3.63, 3.8) is 0 Å². The predicted octanol–water partition coefficient (Wildman–Crippen LogP) is 3.75. The van der Waals surface area contributed by atoms with Gasteiger partial charge >= 0.3 is 5.97 Å². The number of carbonyl (C=O) groups excluding carboxylic acids is 1. The average Bonchev–Trinajstić information content (AvgIpc) is 2.94. The van der Waals surface area contributed by atoms with Gasteiger partial charge in [-0.15, -0.1) is 11.3 Å². The molecule has 1 aromatic carbocycles. The normalized spacial score (nSPS) is 10.5. The molecule has 0 radical (unpaired) electrons. The molecular weight excluding hydrogens is 316 g/mol. The van der Waals surface area contributed by atoms with E-state index in [2.05, 4.69) is 10.3 Å². The monoisotopic (exact) mass is 328 g/mol. The Kier molecular flexibility index (Phi) is 3.94. The molecule has 6 nitrogen and oxygen atoms in total. The predicted molar refractivity (Wildman–Crippen MR) is 87.4 cm³/mol. The highest BCUT2D eigenvalue weighted by atomic mass is 32.1. The van der Waals surface area contributed by atoms with Crippen LogP contribution in [0.4, 0.5) is 5.69 Å². The summed E-state index contributed by atoms with van der Waals surface area (Å²) in [5.74, 6) is -0.0704. The number of hydrogen-bond acceptors (Lipinski definition) is 5. The first-order valence-electron chi connectivity index (χ1n) is 6.69. The van der Waals surface area contributed by atoms with Crippen LogP contribution in [0.1, 0.15) is 16.6 Å². The Hall–Kier alpha value is -2.93. The third-order valence-electron chi connectivity index (χ3n) is 3.02. The smallest absolute Gasteiger partial charge is 0.345 e. The van der Waals surface area contributed by atoms with Gasteiger partial charge in [0.2, 0.25) is 5.91 Å². The standard InChI is InChI=1S/C16H12N2O4S/c1-9(19)18-10-2-4-11(5-3-10)22-13-7-17-8-15-12(13)6-14(23-15)16(20)21/h2-8H,1H3,(H,18,19)(H,20,21). The number of hydrogen-bond donors (Lipinski definition) is 2. The van der Waals surface area contributed by atoms with E-state index < -0.39 is 5.97 Å². The van der Waals surface area contributed by atoms with E-state index in [0.29, 0.717) is 22.6 Å². The lowest BCUT2D eigenvalue weighted by atomic mass is 10.2. The summed E-state index contributed by atoms with van der Waals surface area (Å²) in [5.41, 5.74) is 0.671. The van der Waals surface area contributed by atoms with Gasteiger partial charge in [-0.1, -0.05) is 0 Å². The SMILES string of the molecule is CC(=O)Nc1ccc(Oc2cncc3sc(C(=O)O)cc23)cc1. The Morgan fingerprint density at radius 3 is 2.61 bits per heavy atom. The highest BCUT2D eigenvalue weighted by Gasteiger charge is 2.12. The molecule has 0 unspecified atom stereocenters. The van der Waals surface area contributed by atoms with Gasteiger partial charge in [0.05, 0.1) is 10.9 Å². The van der Waals surface area contributed by atoms with Gasteiger partial charge in [-0.2, -0.15) is 0 Å². The molecule has 7 heteroatoms. The van der Waals surface area contributed by atoms with E-state index in [1.165, 1.54) is 6.92 Å². The van der Waals surface area contributed by atoms with Gasteiger partial charge in [0.25, 0.3) is 0 Å². The number of rotatable bonds is 4. The summed E-state index contributed by atoms with van der Waals surface area (Å²) in [6, 6.07) is 8.45. The van der Waals surface area contributed by atoms with Gasteiger partial charge in [0.15, 0.2) is 5.75 Å². The van der Waals surface area contributed by atoms with Crippen molar-refractivity contribution < 1.29 is 19.4 Å². The van der Waals surface area contributed by atoms with Crippen molar-refractivity contribution in [2.75, 3.05) is 5.32 Å². The number of carboxylic acid groups (broad SMARTS) is 1. The van der Waals surface area contributed by atoms with Crippen molar-refractivity contribution in [3.8, 4) is 11.5 Å². The molecule has 0 spiro atoms. The molecule has 0 aliphatic heterocycles. The number of benzene rings is 1. The van der Waals surface area contributed by atoms with Crippen LogP contribution in [0.2, 0.25) is 0 Å². The Bertz CT molecular complexity index is 887. The average molecular weight is 328 g/mol. The molecule has 0 fully saturated rings. The molecule has 0 saturated carbocycles. The van der Waals surface area contributed by atoms with Crippen LogP contribution in [0.25, 0.3) is 10.1 Å². The topological polar surface area (TPSA) is 88.5 Å². The van der Waals surface area contributed by atoms with Gasteiger partial charge < -0.3 is 15.2 Å². The summed E-state index contributed by atoms with van der Waals surface area (Å²) in [6.45, 7) is 1.44. The van der Waals surface area contributed by atoms with Crippen LogP contribution in [0, 0.1) is 0 Å². The van der Waals surface area contributed by atoms with Crippen LogP contribution in [-0.2, 0) is 4.79 Å². The quantitative estimate of drug-likeness (QED) is 0.761. The highest BCUT2D eigenvalue weighted by Crippen LogP contribution is 2.34. The van der Waals surface area contributed by atoms with E-state index >= 15 is 0 Å². The zero-order valence-electron chi connectivity index (χ0n) is 12.1. The summed E-state index contributed by atoms with van der Waals surface area (Å²) >= 11 is 1.15. The number of fused-ring (bicyclic) bond motifs is 1. The third kappa shape index (κ3) is 3.29. The number of ether oxygens (including phenoxy) is 1. The first-order chi connectivity index (χ1) is 11.0. The second-order valence-electron chi connectivity index (χ2n) is 4.77. The molecule has 2 heterocycles. The highest BCUT2D eigenvalue weighted by molar-refractivity contribution is 7.20. The van der Waals surface area contributed by atoms with Crippen LogP contribution >= 0.6 is 11.3 Å². The molecule has 2 aromatic heterocycles. The van der Waals surface area contributed by atoms with Crippen molar-refractivity contribution in [1.82, 2.24) is 4.98 Å². The lowest BCUT2D eigenvalue weighted by Crippen LogP contribution is -2.05. The Balaban J connectivity index is 1.89. The molecule has 2 N–H and O–H groups in total.